The Bertz CT molecular complexity index is 1060. The van der Waals surface area contributed by atoms with Gasteiger partial charge in [0.1, 0.15) is 6.33 Å². The van der Waals surface area contributed by atoms with Crippen LogP contribution in [0.4, 0.5) is 0 Å². The van der Waals surface area contributed by atoms with Crippen LogP contribution in [0.3, 0.4) is 0 Å². The molecule has 2 saturated heterocycles. The molecule has 3 heterocycles. The lowest BCUT2D eigenvalue weighted by Crippen LogP contribution is -2.52. The molecule has 2 fully saturated rings. The van der Waals surface area contributed by atoms with Gasteiger partial charge in [0.15, 0.2) is 0 Å². The van der Waals surface area contributed by atoms with Crippen LogP contribution >= 0.6 is 0 Å². The number of hydrogen-bond donors (Lipinski definition) is 2. The van der Waals surface area contributed by atoms with E-state index in [1.807, 2.05) is 0 Å². The summed E-state index contributed by atoms with van der Waals surface area (Å²) in [6, 6.07) is 1.08. The molecule has 0 radical (unpaired) electrons. The first-order chi connectivity index (χ1) is 16.7. The van der Waals surface area contributed by atoms with Crippen LogP contribution in [-0.2, 0) is 6.42 Å². The summed E-state index contributed by atoms with van der Waals surface area (Å²) in [6.07, 6.45) is 22.7. The first-order valence-corrected chi connectivity index (χ1v) is 13.1. The molecule has 2 aliphatic heterocycles. The minimum Gasteiger partial charge on any atom is -0.388 e. The van der Waals surface area contributed by atoms with Gasteiger partial charge in [0.25, 0.3) is 0 Å². The third kappa shape index (κ3) is 5.44. The summed E-state index contributed by atoms with van der Waals surface area (Å²) in [6.45, 7) is 8.14. The zero-order valence-corrected chi connectivity index (χ0v) is 20.8. The number of allylic oxidation sites excluding steroid dienone is 4. The first kappa shape index (κ1) is 23.3. The number of likely N-dealkylation sites (N-methyl/N-ethyl adjacent to an activating group) is 1. The second-order valence-corrected chi connectivity index (χ2v) is 10.4. The van der Waals surface area contributed by atoms with E-state index >= 15 is 0 Å². The predicted octanol–water partition coefficient (Wildman–Crippen LogP) is 1.55. The third-order valence-corrected chi connectivity index (χ3v) is 8.03. The molecule has 0 aromatic carbocycles. The van der Waals surface area contributed by atoms with E-state index in [-0.39, 0.29) is 6.04 Å². The number of aryl methyl sites for hydroxylation is 1. The molecule has 5 rings (SSSR count). The molecule has 0 saturated carbocycles. The third-order valence-electron chi connectivity index (χ3n) is 8.03. The smallest absolute Gasteiger partial charge is 0.116 e. The highest BCUT2D eigenvalue weighted by Crippen LogP contribution is 2.30. The van der Waals surface area contributed by atoms with E-state index in [0.717, 1.165) is 56.1 Å². The maximum atomic E-state index is 4.66. The topological polar surface area (TPSA) is 56.3 Å². The molecule has 34 heavy (non-hydrogen) atoms. The van der Waals surface area contributed by atoms with Crippen LogP contribution in [0.15, 0.2) is 42.5 Å². The van der Waals surface area contributed by atoms with Gasteiger partial charge in [-0.2, -0.15) is 0 Å². The predicted molar refractivity (Wildman–Crippen MR) is 139 cm³/mol. The van der Waals surface area contributed by atoms with Gasteiger partial charge in [0.05, 0.1) is 11.0 Å². The number of nitrogens with one attached hydrogen (secondary N) is 2. The summed E-state index contributed by atoms with van der Waals surface area (Å²) >= 11 is 0. The Labute approximate surface area is 204 Å². The molecular weight excluding hydrogens is 420 g/mol. The van der Waals surface area contributed by atoms with Gasteiger partial charge in [-0.05, 0) is 45.1 Å². The van der Waals surface area contributed by atoms with Crippen molar-refractivity contribution in [3.8, 4) is 0 Å². The average molecular weight is 461 g/mol. The van der Waals surface area contributed by atoms with Crippen molar-refractivity contribution in [2.45, 2.75) is 51.1 Å². The number of aromatic nitrogens is 2. The van der Waals surface area contributed by atoms with Crippen molar-refractivity contribution in [3.63, 3.8) is 0 Å². The molecule has 4 unspecified atom stereocenters. The fourth-order valence-corrected chi connectivity index (χ4v) is 5.93. The minimum atomic E-state index is 0.282. The van der Waals surface area contributed by atoms with E-state index in [0.29, 0.717) is 5.92 Å². The van der Waals surface area contributed by atoms with Gasteiger partial charge in [0.2, 0.25) is 0 Å². The van der Waals surface area contributed by atoms with Crippen molar-refractivity contribution in [1.29, 1.82) is 0 Å². The molecule has 6 nitrogen and oxygen atoms in total. The summed E-state index contributed by atoms with van der Waals surface area (Å²) in [5.41, 5.74) is 2.74. The largest absolute Gasteiger partial charge is 0.388 e. The molecule has 4 atom stereocenters. The monoisotopic (exact) mass is 460 g/mol. The van der Waals surface area contributed by atoms with E-state index in [1.165, 1.54) is 37.0 Å². The lowest BCUT2D eigenvalue weighted by atomic mass is 9.89. The van der Waals surface area contributed by atoms with Gasteiger partial charge in [-0.15, -0.1) is 0 Å². The highest BCUT2D eigenvalue weighted by molar-refractivity contribution is 5.42. The first-order valence-electron chi connectivity index (χ1n) is 13.1. The number of fused-ring (bicyclic) bond motifs is 2. The fourth-order valence-electron chi connectivity index (χ4n) is 5.93. The fraction of sp³-hybridized carbons (Fsp3) is 0.571. The van der Waals surface area contributed by atoms with E-state index in [9.17, 15) is 0 Å². The quantitative estimate of drug-likeness (QED) is 0.517. The normalized spacial score (nSPS) is 28.5. The second-order valence-electron chi connectivity index (χ2n) is 10.4. The Morgan fingerprint density at radius 1 is 1.18 bits per heavy atom. The van der Waals surface area contributed by atoms with Crippen LogP contribution in [0.1, 0.15) is 38.3 Å². The van der Waals surface area contributed by atoms with Crippen LogP contribution in [-0.4, -0.2) is 71.6 Å². The van der Waals surface area contributed by atoms with Crippen LogP contribution in [0.25, 0.3) is 12.2 Å². The summed E-state index contributed by atoms with van der Waals surface area (Å²) in [4.78, 5) is 14.3. The highest BCUT2D eigenvalue weighted by atomic mass is 15.3. The molecule has 0 bridgehead atoms. The lowest BCUT2D eigenvalue weighted by molar-refractivity contribution is 0.0825. The Morgan fingerprint density at radius 2 is 2.12 bits per heavy atom. The maximum Gasteiger partial charge on any atom is 0.116 e. The van der Waals surface area contributed by atoms with Crippen molar-refractivity contribution in [2.24, 2.45) is 11.8 Å². The molecule has 2 aliphatic carbocycles. The number of rotatable bonds is 10. The zero-order valence-electron chi connectivity index (χ0n) is 20.8. The zero-order chi connectivity index (χ0) is 23.3. The molecule has 6 heteroatoms. The molecule has 1 aromatic heterocycles. The van der Waals surface area contributed by atoms with Gasteiger partial charge in [-0.1, -0.05) is 42.9 Å². The van der Waals surface area contributed by atoms with Gasteiger partial charge in [0, 0.05) is 68.3 Å². The van der Waals surface area contributed by atoms with E-state index < -0.39 is 0 Å². The van der Waals surface area contributed by atoms with Crippen molar-refractivity contribution in [3.05, 3.63) is 58.8 Å². The molecular formula is C28H40N6. The van der Waals surface area contributed by atoms with Crippen molar-refractivity contribution in [2.75, 3.05) is 39.8 Å². The van der Waals surface area contributed by atoms with Gasteiger partial charge < -0.3 is 15.5 Å². The van der Waals surface area contributed by atoms with Gasteiger partial charge in [-0.3, -0.25) is 4.90 Å². The number of hydrogen-bond acceptors (Lipinski definition) is 6. The lowest BCUT2D eigenvalue weighted by Gasteiger charge is -2.40. The highest BCUT2D eigenvalue weighted by Gasteiger charge is 2.42. The summed E-state index contributed by atoms with van der Waals surface area (Å²) < 4.78 is 0. The Morgan fingerprint density at radius 3 is 2.97 bits per heavy atom. The van der Waals surface area contributed by atoms with Crippen LogP contribution < -0.4 is 21.2 Å². The van der Waals surface area contributed by atoms with E-state index in [2.05, 4.69) is 87.2 Å². The molecule has 0 amide bonds. The van der Waals surface area contributed by atoms with Gasteiger partial charge in [-0.25, -0.2) is 9.97 Å². The standard InChI is InChI=1S/C28H40N6/c1-3-21-5-4-6-22(15-21)7-9-26-25-16-24(8-10-27(25)32-20-31-26)30-12-11-29-13-14-34-18-23-17-33(2)28(23)19-34/h4-6,10-12,16,20,22-24,28-30H,3,7-9,13-15,17-19H2,1-2H3/b12-11-. The van der Waals surface area contributed by atoms with E-state index in [1.54, 1.807) is 11.9 Å². The van der Waals surface area contributed by atoms with Gasteiger partial charge >= 0.3 is 0 Å². The average Bonchev–Trinajstić information content (AvgIpc) is 3.20. The van der Waals surface area contributed by atoms with Crippen LogP contribution in [0.2, 0.25) is 0 Å². The van der Waals surface area contributed by atoms with Crippen molar-refractivity contribution < 1.29 is 0 Å². The van der Waals surface area contributed by atoms with Crippen molar-refractivity contribution in [1.82, 2.24) is 30.4 Å². The Kier molecular flexibility index (Phi) is 7.45. The summed E-state index contributed by atoms with van der Waals surface area (Å²) in [5.74, 6) is 1.53. The maximum absolute atomic E-state index is 4.66. The Balaban J connectivity index is 1.09. The Hall–Kier alpha value is -2.44. The minimum absolute atomic E-state index is 0.282. The second kappa shape index (κ2) is 10.9. The van der Waals surface area contributed by atoms with E-state index in [4.69, 9.17) is 0 Å². The molecule has 4 aliphatic rings. The summed E-state index contributed by atoms with van der Waals surface area (Å²) in [5, 5.41) is 9.30. The summed E-state index contributed by atoms with van der Waals surface area (Å²) in [7, 11) is 2.25. The number of nitrogens with zero attached hydrogens (tertiary/aromatic N) is 4. The number of likely N-dealkylation sites (tertiary alicyclic amines) is 2. The molecule has 0 spiro atoms. The van der Waals surface area contributed by atoms with Crippen LogP contribution in [0, 0.1) is 11.8 Å². The molecule has 182 valence electrons. The SMILES string of the molecule is CCC1=CC=CC(CCc2ncnc3c2=CC(N/C=C\NCCN2CC4CN(C)C4C2)CC=3)C1. The molecule has 2 N–H and O–H groups in total. The molecule has 1 aromatic rings. The van der Waals surface area contributed by atoms with Crippen LogP contribution in [0.5, 0.6) is 0 Å². The van der Waals surface area contributed by atoms with Crippen molar-refractivity contribution >= 4 is 12.2 Å².